The highest BCUT2D eigenvalue weighted by Crippen LogP contribution is 2.28. The highest BCUT2D eigenvalue weighted by molar-refractivity contribution is 8.07. The van der Waals surface area contributed by atoms with Gasteiger partial charge in [0.15, 0.2) is 0 Å². The largest absolute Gasteiger partial charge is 0.354 e. The first-order valence-corrected chi connectivity index (χ1v) is 13.0. The third kappa shape index (κ3) is 7.29. The number of nitrogens with zero attached hydrogens (tertiary/aromatic N) is 5. The van der Waals surface area contributed by atoms with Crippen LogP contribution in [0.25, 0.3) is 0 Å². The Morgan fingerprint density at radius 2 is 1.91 bits per heavy atom. The summed E-state index contributed by atoms with van der Waals surface area (Å²) in [5.74, 6) is 2.10. The van der Waals surface area contributed by atoms with Crippen molar-refractivity contribution in [3.8, 4) is 0 Å². The van der Waals surface area contributed by atoms with Gasteiger partial charge < -0.3 is 15.5 Å². The summed E-state index contributed by atoms with van der Waals surface area (Å²) in [6, 6.07) is 3.85. The Bertz CT molecular complexity index is 1080. The lowest BCUT2D eigenvalue weighted by atomic mass is 10.1. The number of hydrogen-bond acceptors (Lipinski definition) is 8. The topological polar surface area (TPSA) is 86.3 Å². The van der Waals surface area contributed by atoms with Crippen molar-refractivity contribution in [3.63, 3.8) is 0 Å². The molecule has 2 N–H and O–H groups in total. The molecule has 1 aliphatic heterocycles. The first kappa shape index (κ1) is 26.7. The van der Waals surface area contributed by atoms with Crippen LogP contribution in [0.4, 0.5) is 17.3 Å². The molecule has 0 unspecified atom stereocenters. The second-order valence-corrected chi connectivity index (χ2v) is 9.68. The van der Waals surface area contributed by atoms with Crippen molar-refractivity contribution in [1.29, 1.82) is 0 Å². The maximum absolute atomic E-state index is 13.0. The molecule has 0 atom stereocenters. The number of piperazine rings is 1. The van der Waals surface area contributed by atoms with E-state index in [1.807, 2.05) is 39.8 Å². The average molecular weight is 496 g/mol. The molecule has 35 heavy (non-hydrogen) atoms. The van der Waals surface area contributed by atoms with Gasteiger partial charge in [-0.2, -0.15) is 0 Å². The molecule has 0 spiro atoms. The average Bonchev–Trinajstić information content (AvgIpc) is 2.84. The molecule has 8 nitrogen and oxygen atoms in total. The van der Waals surface area contributed by atoms with Crippen molar-refractivity contribution in [2.75, 3.05) is 48.3 Å². The van der Waals surface area contributed by atoms with Crippen molar-refractivity contribution in [3.05, 3.63) is 58.0 Å². The third-order valence-corrected chi connectivity index (χ3v) is 6.85. The van der Waals surface area contributed by atoms with Gasteiger partial charge in [-0.3, -0.25) is 14.7 Å². The number of thioether (sulfide) groups is 1. The van der Waals surface area contributed by atoms with Crippen molar-refractivity contribution < 1.29 is 4.79 Å². The van der Waals surface area contributed by atoms with Crippen LogP contribution in [0, 0.1) is 13.8 Å². The van der Waals surface area contributed by atoms with E-state index in [1.54, 1.807) is 12.3 Å². The fraction of sp³-hybridized carbons (Fsp3) is 0.462. The van der Waals surface area contributed by atoms with Crippen molar-refractivity contribution in [1.82, 2.24) is 19.9 Å². The fourth-order valence-electron chi connectivity index (χ4n) is 4.06. The first-order valence-electron chi connectivity index (χ1n) is 12.2. The van der Waals surface area contributed by atoms with E-state index in [9.17, 15) is 4.79 Å². The predicted molar refractivity (Wildman–Crippen MR) is 147 cm³/mol. The molecule has 0 saturated carbocycles. The van der Waals surface area contributed by atoms with Gasteiger partial charge in [-0.25, -0.2) is 9.97 Å². The molecule has 2 aromatic heterocycles. The number of hydrogen-bond donors (Lipinski definition) is 2. The lowest BCUT2D eigenvalue weighted by Gasteiger charge is -2.35. The van der Waals surface area contributed by atoms with Gasteiger partial charge in [0.1, 0.15) is 17.5 Å². The number of aryl methyl sites for hydroxylation is 3. The van der Waals surface area contributed by atoms with Gasteiger partial charge in [0.05, 0.1) is 21.3 Å². The van der Waals surface area contributed by atoms with Gasteiger partial charge in [0, 0.05) is 38.4 Å². The van der Waals surface area contributed by atoms with Gasteiger partial charge in [-0.1, -0.05) is 38.3 Å². The number of carbonyl (C=O) groups excluding carboxylic acids is 1. The van der Waals surface area contributed by atoms with E-state index in [0.29, 0.717) is 21.6 Å². The number of carbonyl (C=O) groups is 1. The van der Waals surface area contributed by atoms with E-state index in [-0.39, 0.29) is 5.91 Å². The highest BCUT2D eigenvalue weighted by atomic mass is 32.2. The maximum atomic E-state index is 13.0. The van der Waals surface area contributed by atoms with E-state index < -0.39 is 0 Å². The standard InChI is InChI=1S/C26H37N7OS/c1-7-12-32-13-15-33(16-14-32)24-17-23(28-19(5)29-24)30-20(6)35-22(9-3)26(34)31-25-18(4)10-11-27-21(25)8-2/h9-11,17H,6-8,12-16H2,1-5H3,(H,31,34)(H,28,29,30)/b22-9-. The molecule has 2 aromatic rings. The fourth-order valence-corrected chi connectivity index (χ4v) is 4.74. The summed E-state index contributed by atoms with van der Waals surface area (Å²) in [5.41, 5.74) is 2.63. The summed E-state index contributed by atoms with van der Waals surface area (Å²) in [5, 5.41) is 6.90. The molecule has 0 radical (unpaired) electrons. The van der Waals surface area contributed by atoms with E-state index in [1.165, 1.54) is 18.2 Å². The van der Waals surface area contributed by atoms with Crippen LogP contribution in [-0.2, 0) is 11.2 Å². The number of pyridine rings is 1. The first-order chi connectivity index (χ1) is 16.8. The lowest BCUT2D eigenvalue weighted by Crippen LogP contribution is -2.46. The molecule has 3 rings (SSSR count). The second-order valence-electron chi connectivity index (χ2n) is 8.55. The smallest absolute Gasteiger partial charge is 0.262 e. The molecule has 3 heterocycles. The maximum Gasteiger partial charge on any atom is 0.262 e. The number of anilines is 3. The summed E-state index contributed by atoms with van der Waals surface area (Å²) in [6.45, 7) is 19.2. The van der Waals surface area contributed by atoms with Crippen molar-refractivity contribution >= 4 is 35.0 Å². The zero-order valence-electron chi connectivity index (χ0n) is 21.5. The molecule has 0 bridgehead atoms. The number of rotatable bonds is 10. The highest BCUT2D eigenvalue weighted by Gasteiger charge is 2.19. The zero-order valence-corrected chi connectivity index (χ0v) is 22.3. The molecule has 1 aliphatic rings. The lowest BCUT2D eigenvalue weighted by molar-refractivity contribution is -0.112. The third-order valence-electron chi connectivity index (χ3n) is 5.86. The van der Waals surface area contributed by atoms with Crippen molar-refractivity contribution in [2.45, 2.75) is 47.5 Å². The van der Waals surface area contributed by atoms with E-state index >= 15 is 0 Å². The van der Waals surface area contributed by atoms with Gasteiger partial charge in [0.25, 0.3) is 5.91 Å². The molecule has 188 valence electrons. The van der Waals surface area contributed by atoms with Crippen molar-refractivity contribution in [2.24, 2.45) is 0 Å². The molecule has 1 amide bonds. The van der Waals surface area contributed by atoms with Gasteiger partial charge in [-0.15, -0.1) is 0 Å². The monoisotopic (exact) mass is 495 g/mol. The number of aromatic nitrogens is 3. The van der Waals surface area contributed by atoms with E-state index in [0.717, 1.165) is 61.9 Å². The van der Waals surface area contributed by atoms with Crippen LogP contribution >= 0.6 is 11.8 Å². The van der Waals surface area contributed by atoms with Crippen LogP contribution in [0.15, 0.2) is 40.9 Å². The normalized spacial score (nSPS) is 14.7. The molecular formula is C26H37N7OS. The minimum Gasteiger partial charge on any atom is -0.354 e. The van der Waals surface area contributed by atoms with E-state index in [2.05, 4.69) is 48.9 Å². The van der Waals surface area contributed by atoms with Gasteiger partial charge in [0.2, 0.25) is 0 Å². The van der Waals surface area contributed by atoms with Gasteiger partial charge >= 0.3 is 0 Å². The molecule has 9 heteroatoms. The van der Waals surface area contributed by atoms with Crippen LogP contribution < -0.4 is 15.5 Å². The minimum atomic E-state index is -0.184. The summed E-state index contributed by atoms with van der Waals surface area (Å²) in [6.07, 6.45) is 5.47. The minimum absolute atomic E-state index is 0.184. The molecule has 0 aliphatic carbocycles. The Hall–Kier alpha value is -2.91. The Kier molecular flexibility index (Phi) is 9.68. The Morgan fingerprint density at radius 3 is 2.57 bits per heavy atom. The molecular weight excluding hydrogens is 458 g/mol. The number of amides is 1. The quantitative estimate of drug-likeness (QED) is 0.457. The van der Waals surface area contributed by atoms with Crippen LogP contribution in [0.1, 0.15) is 44.3 Å². The summed E-state index contributed by atoms with van der Waals surface area (Å²) in [7, 11) is 0. The Balaban J connectivity index is 1.64. The Morgan fingerprint density at radius 1 is 1.17 bits per heavy atom. The second kappa shape index (κ2) is 12.7. The number of nitrogens with one attached hydrogen (secondary N) is 2. The molecule has 1 saturated heterocycles. The zero-order chi connectivity index (χ0) is 25.4. The van der Waals surface area contributed by atoms with E-state index in [4.69, 9.17) is 0 Å². The molecule has 1 fully saturated rings. The van der Waals surface area contributed by atoms with Crippen LogP contribution in [-0.4, -0.2) is 58.5 Å². The summed E-state index contributed by atoms with van der Waals surface area (Å²) in [4.78, 5) is 31.9. The predicted octanol–water partition coefficient (Wildman–Crippen LogP) is 4.74. The SMILES string of the molecule is C=C(Nc1cc(N2CCN(CCC)CC2)nc(C)n1)S/C(=C\C)C(=O)Nc1c(C)ccnc1CC. The van der Waals surface area contributed by atoms with Crippen LogP contribution in [0.3, 0.4) is 0 Å². The van der Waals surface area contributed by atoms with Crippen LogP contribution in [0.2, 0.25) is 0 Å². The van der Waals surface area contributed by atoms with Gasteiger partial charge in [-0.05, 0) is 51.8 Å². The Labute approximate surface area is 213 Å². The molecule has 0 aromatic carbocycles. The summed E-state index contributed by atoms with van der Waals surface area (Å²) >= 11 is 1.28. The summed E-state index contributed by atoms with van der Waals surface area (Å²) < 4.78 is 0. The number of allylic oxidation sites excluding steroid dienone is 1. The van der Waals surface area contributed by atoms with Crippen LogP contribution in [0.5, 0.6) is 0 Å².